The molecule has 1 aromatic carbocycles. The Labute approximate surface area is 107 Å². The van der Waals surface area contributed by atoms with Crippen LogP contribution in [-0.2, 0) is 6.54 Å². The van der Waals surface area contributed by atoms with Gasteiger partial charge in [0.1, 0.15) is 5.82 Å². The van der Waals surface area contributed by atoms with E-state index >= 15 is 0 Å². The van der Waals surface area contributed by atoms with Crippen LogP contribution in [0, 0.1) is 11.7 Å². The molecular formula is C13H18ClFN2. The Morgan fingerprint density at radius 2 is 2.35 bits per heavy atom. The van der Waals surface area contributed by atoms with E-state index in [9.17, 15) is 4.39 Å². The van der Waals surface area contributed by atoms with Gasteiger partial charge in [0.2, 0.25) is 0 Å². The second kappa shape index (κ2) is 6.34. The van der Waals surface area contributed by atoms with Crippen molar-refractivity contribution in [2.45, 2.75) is 19.4 Å². The third-order valence-electron chi connectivity index (χ3n) is 3.20. The highest BCUT2D eigenvalue weighted by Crippen LogP contribution is 2.16. The minimum Gasteiger partial charge on any atom is -0.316 e. The molecular weight excluding hydrogens is 239 g/mol. The van der Waals surface area contributed by atoms with E-state index in [1.165, 1.54) is 18.9 Å². The Hall–Kier alpha value is -0.640. The lowest BCUT2D eigenvalue weighted by atomic mass is 10.1. The van der Waals surface area contributed by atoms with Crippen LogP contribution in [0.3, 0.4) is 0 Å². The lowest BCUT2D eigenvalue weighted by Gasteiger charge is -2.09. The predicted molar refractivity (Wildman–Crippen MR) is 68.7 cm³/mol. The predicted octanol–water partition coefficient (Wildman–Crippen LogP) is 2.57. The number of halogens is 2. The summed E-state index contributed by atoms with van der Waals surface area (Å²) < 4.78 is 12.9. The molecule has 1 aliphatic heterocycles. The van der Waals surface area contributed by atoms with Gasteiger partial charge < -0.3 is 10.6 Å². The zero-order chi connectivity index (χ0) is 12.1. The van der Waals surface area contributed by atoms with Crippen molar-refractivity contribution in [3.05, 3.63) is 34.6 Å². The summed E-state index contributed by atoms with van der Waals surface area (Å²) in [6.45, 7) is 4.05. The van der Waals surface area contributed by atoms with E-state index in [-0.39, 0.29) is 10.8 Å². The van der Waals surface area contributed by atoms with Crippen molar-refractivity contribution < 1.29 is 4.39 Å². The zero-order valence-electron chi connectivity index (χ0n) is 9.81. The summed E-state index contributed by atoms with van der Waals surface area (Å²) in [5.74, 6) is 0.451. The molecule has 17 heavy (non-hydrogen) atoms. The topological polar surface area (TPSA) is 24.1 Å². The van der Waals surface area contributed by atoms with Gasteiger partial charge in [-0.1, -0.05) is 17.7 Å². The fourth-order valence-electron chi connectivity index (χ4n) is 2.15. The third kappa shape index (κ3) is 3.95. The molecule has 94 valence electrons. The molecule has 1 aliphatic rings. The van der Waals surface area contributed by atoms with Gasteiger partial charge in [0.05, 0.1) is 5.02 Å². The van der Waals surface area contributed by atoms with Gasteiger partial charge in [-0.15, -0.1) is 0 Å². The quantitative estimate of drug-likeness (QED) is 0.792. The van der Waals surface area contributed by atoms with Gasteiger partial charge in [-0.3, -0.25) is 0 Å². The monoisotopic (exact) mass is 256 g/mol. The molecule has 0 spiro atoms. The second-order valence-electron chi connectivity index (χ2n) is 4.57. The molecule has 0 aromatic heterocycles. The lowest BCUT2D eigenvalue weighted by Crippen LogP contribution is -2.19. The molecule has 1 heterocycles. The van der Waals surface area contributed by atoms with Gasteiger partial charge >= 0.3 is 0 Å². The molecule has 0 aliphatic carbocycles. The molecule has 2 N–H and O–H groups in total. The molecule has 4 heteroatoms. The smallest absolute Gasteiger partial charge is 0.141 e. The number of benzene rings is 1. The number of nitrogens with one attached hydrogen (secondary N) is 2. The minimum absolute atomic E-state index is 0.198. The summed E-state index contributed by atoms with van der Waals surface area (Å²) >= 11 is 5.72. The van der Waals surface area contributed by atoms with Crippen molar-refractivity contribution in [1.29, 1.82) is 0 Å². The van der Waals surface area contributed by atoms with Crippen molar-refractivity contribution in [2.24, 2.45) is 5.92 Å². The minimum atomic E-state index is -0.354. The van der Waals surface area contributed by atoms with Crippen LogP contribution in [0.15, 0.2) is 18.2 Å². The first kappa shape index (κ1) is 12.8. The maximum absolute atomic E-state index is 12.9. The summed E-state index contributed by atoms with van der Waals surface area (Å²) in [4.78, 5) is 0. The number of hydrogen-bond donors (Lipinski definition) is 2. The standard InChI is InChI=1S/C13H18ClFN2/c14-12-7-11(1-2-13(12)15)9-17-6-4-10-3-5-16-8-10/h1-2,7,10,16-17H,3-6,8-9H2. The molecule has 1 fully saturated rings. The van der Waals surface area contributed by atoms with Crippen LogP contribution in [-0.4, -0.2) is 19.6 Å². The fourth-order valence-corrected chi connectivity index (χ4v) is 2.35. The van der Waals surface area contributed by atoms with Gasteiger partial charge in [0, 0.05) is 6.54 Å². The molecule has 1 saturated heterocycles. The summed E-state index contributed by atoms with van der Waals surface area (Å²) in [6, 6.07) is 4.87. The molecule has 1 unspecified atom stereocenters. The normalized spacial score (nSPS) is 19.8. The van der Waals surface area contributed by atoms with Gasteiger partial charge in [-0.25, -0.2) is 4.39 Å². The van der Waals surface area contributed by atoms with Crippen molar-refractivity contribution in [1.82, 2.24) is 10.6 Å². The molecule has 2 rings (SSSR count). The molecule has 0 bridgehead atoms. The second-order valence-corrected chi connectivity index (χ2v) is 4.98. The number of rotatable bonds is 5. The summed E-state index contributed by atoms with van der Waals surface area (Å²) in [5.41, 5.74) is 1.03. The highest BCUT2D eigenvalue weighted by molar-refractivity contribution is 6.30. The van der Waals surface area contributed by atoms with Crippen molar-refractivity contribution >= 4 is 11.6 Å². The van der Waals surface area contributed by atoms with E-state index in [1.807, 2.05) is 0 Å². The van der Waals surface area contributed by atoms with Gasteiger partial charge in [0.15, 0.2) is 0 Å². The molecule has 0 saturated carbocycles. The van der Waals surface area contributed by atoms with Crippen LogP contribution in [0.1, 0.15) is 18.4 Å². The summed E-state index contributed by atoms with van der Waals surface area (Å²) in [5, 5.41) is 6.92. The summed E-state index contributed by atoms with van der Waals surface area (Å²) in [6.07, 6.45) is 2.48. The van der Waals surface area contributed by atoms with Crippen LogP contribution in [0.5, 0.6) is 0 Å². The lowest BCUT2D eigenvalue weighted by molar-refractivity contribution is 0.500. The maximum Gasteiger partial charge on any atom is 0.141 e. The van der Waals surface area contributed by atoms with E-state index in [1.54, 1.807) is 12.1 Å². The first-order valence-electron chi connectivity index (χ1n) is 6.11. The Kier molecular flexibility index (Phi) is 4.77. The average Bonchev–Trinajstić information content (AvgIpc) is 2.82. The van der Waals surface area contributed by atoms with Crippen LogP contribution in [0.4, 0.5) is 4.39 Å². The van der Waals surface area contributed by atoms with E-state index in [2.05, 4.69) is 10.6 Å². The fraction of sp³-hybridized carbons (Fsp3) is 0.538. The number of hydrogen-bond acceptors (Lipinski definition) is 2. The molecule has 0 radical (unpaired) electrons. The van der Waals surface area contributed by atoms with Crippen LogP contribution in [0.25, 0.3) is 0 Å². The molecule has 1 aromatic rings. The Balaban J connectivity index is 1.68. The van der Waals surface area contributed by atoms with Crippen molar-refractivity contribution in [3.8, 4) is 0 Å². The van der Waals surface area contributed by atoms with Crippen LogP contribution < -0.4 is 10.6 Å². The van der Waals surface area contributed by atoms with Gasteiger partial charge in [0.25, 0.3) is 0 Å². The average molecular weight is 257 g/mol. The Bertz CT molecular complexity index is 364. The largest absolute Gasteiger partial charge is 0.316 e. The Morgan fingerprint density at radius 3 is 3.06 bits per heavy atom. The first-order chi connectivity index (χ1) is 8.25. The third-order valence-corrected chi connectivity index (χ3v) is 3.49. The van der Waals surface area contributed by atoms with Crippen molar-refractivity contribution in [3.63, 3.8) is 0 Å². The maximum atomic E-state index is 12.9. The van der Waals surface area contributed by atoms with E-state index in [4.69, 9.17) is 11.6 Å². The zero-order valence-corrected chi connectivity index (χ0v) is 10.6. The van der Waals surface area contributed by atoms with Gasteiger partial charge in [-0.2, -0.15) is 0 Å². The van der Waals surface area contributed by atoms with E-state index in [0.717, 1.165) is 37.7 Å². The first-order valence-corrected chi connectivity index (χ1v) is 6.49. The molecule has 0 amide bonds. The Morgan fingerprint density at radius 1 is 1.47 bits per heavy atom. The van der Waals surface area contributed by atoms with Crippen LogP contribution >= 0.6 is 11.6 Å². The summed E-state index contributed by atoms with van der Waals surface area (Å²) in [7, 11) is 0. The van der Waals surface area contributed by atoms with Crippen molar-refractivity contribution in [2.75, 3.05) is 19.6 Å². The molecule has 2 nitrogen and oxygen atoms in total. The van der Waals surface area contributed by atoms with Gasteiger partial charge in [-0.05, 0) is 56.1 Å². The van der Waals surface area contributed by atoms with E-state index < -0.39 is 0 Å². The highest BCUT2D eigenvalue weighted by atomic mass is 35.5. The molecule has 1 atom stereocenters. The van der Waals surface area contributed by atoms with Crippen LogP contribution in [0.2, 0.25) is 5.02 Å². The van der Waals surface area contributed by atoms with E-state index in [0.29, 0.717) is 0 Å². The highest BCUT2D eigenvalue weighted by Gasteiger charge is 2.13. The SMILES string of the molecule is Fc1ccc(CNCCC2CCNC2)cc1Cl.